The molecule has 1 rings (SSSR count). The minimum absolute atomic E-state index is 0. The summed E-state index contributed by atoms with van der Waals surface area (Å²) in [6.07, 6.45) is 3.37. The molecule has 0 aromatic carbocycles. The number of likely N-dealkylation sites (N-methyl/N-ethyl adjacent to an activating group) is 1. The van der Waals surface area contributed by atoms with Crippen molar-refractivity contribution in [3.05, 3.63) is 0 Å². The normalized spacial score (nSPS) is 18.8. The van der Waals surface area contributed by atoms with Gasteiger partial charge in [0.2, 0.25) is 6.29 Å². The van der Waals surface area contributed by atoms with Crippen molar-refractivity contribution >= 4 is 38.8 Å². The number of halogens is 1. The molecule has 0 aromatic rings. The van der Waals surface area contributed by atoms with Gasteiger partial charge in [0.05, 0.1) is 27.2 Å². The molecule has 0 spiro atoms. The van der Waals surface area contributed by atoms with E-state index in [0.717, 1.165) is 38.3 Å². The average molecular weight is 478 g/mol. The SMILES string of the molecule is CO[Si](CCC[N+](C)(C)CC(=O)OC1CCCCO1)(OC)OC.I. The van der Waals surface area contributed by atoms with Crippen LogP contribution in [0.2, 0.25) is 6.04 Å². The van der Waals surface area contributed by atoms with Gasteiger partial charge in [-0.25, -0.2) is 4.79 Å². The first-order valence-electron chi connectivity index (χ1n) is 8.15. The van der Waals surface area contributed by atoms with Crippen LogP contribution in [0.4, 0.5) is 0 Å². The molecule has 1 unspecified atom stereocenters. The lowest BCUT2D eigenvalue weighted by atomic mass is 10.2. The Bertz CT molecular complexity index is 354. The third-order valence-electron chi connectivity index (χ3n) is 4.14. The van der Waals surface area contributed by atoms with E-state index in [-0.39, 0.29) is 36.2 Å². The lowest BCUT2D eigenvalue weighted by molar-refractivity contribution is -0.883. The van der Waals surface area contributed by atoms with Gasteiger partial charge in [0.25, 0.3) is 0 Å². The number of carbonyl (C=O) groups excluding carboxylic acids is 1. The molecule has 1 aliphatic rings. The molecule has 0 aromatic heterocycles. The van der Waals surface area contributed by atoms with Gasteiger partial charge in [-0.1, -0.05) is 0 Å². The Morgan fingerprint density at radius 3 is 2.29 bits per heavy atom. The number of rotatable bonds is 10. The Kier molecular flexibility index (Phi) is 11.9. The van der Waals surface area contributed by atoms with Gasteiger partial charge >= 0.3 is 14.8 Å². The van der Waals surface area contributed by atoms with Crippen LogP contribution >= 0.6 is 24.0 Å². The summed E-state index contributed by atoms with van der Waals surface area (Å²) in [5.74, 6) is -0.212. The van der Waals surface area contributed by atoms with E-state index >= 15 is 0 Å². The third-order valence-corrected chi connectivity index (χ3v) is 6.97. The lowest BCUT2D eigenvalue weighted by Crippen LogP contribution is -2.48. The van der Waals surface area contributed by atoms with Crippen LogP contribution < -0.4 is 0 Å². The Morgan fingerprint density at radius 1 is 1.17 bits per heavy atom. The highest BCUT2D eigenvalue weighted by molar-refractivity contribution is 14.0. The van der Waals surface area contributed by atoms with Crippen LogP contribution in [-0.2, 0) is 27.5 Å². The van der Waals surface area contributed by atoms with Gasteiger partial charge < -0.3 is 27.2 Å². The smallest absolute Gasteiger partial charge is 0.432 e. The Hall–Kier alpha value is 0.217. The van der Waals surface area contributed by atoms with Crippen molar-refractivity contribution in [1.29, 1.82) is 0 Å². The highest BCUT2D eigenvalue weighted by Crippen LogP contribution is 2.17. The van der Waals surface area contributed by atoms with Gasteiger partial charge in [-0.15, -0.1) is 24.0 Å². The quantitative estimate of drug-likeness (QED) is 0.207. The number of hydrogen-bond acceptors (Lipinski definition) is 6. The van der Waals surface area contributed by atoms with Gasteiger partial charge in [0.1, 0.15) is 0 Å². The summed E-state index contributed by atoms with van der Waals surface area (Å²) in [4.78, 5) is 12.1. The van der Waals surface area contributed by atoms with Crippen molar-refractivity contribution in [2.45, 2.75) is 38.0 Å². The summed E-state index contributed by atoms with van der Waals surface area (Å²) in [5, 5.41) is 0. The van der Waals surface area contributed by atoms with Crippen molar-refractivity contribution < 1.29 is 32.0 Å². The molecule has 0 bridgehead atoms. The van der Waals surface area contributed by atoms with Crippen molar-refractivity contribution in [3.8, 4) is 0 Å². The van der Waals surface area contributed by atoms with Gasteiger partial charge in [0.15, 0.2) is 6.54 Å². The van der Waals surface area contributed by atoms with E-state index in [1.165, 1.54) is 0 Å². The maximum Gasteiger partial charge on any atom is 0.500 e. The molecule has 24 heavy (non-hydrogen) atoms. The summed E-state index contributed by atoms with van der Waals surface area (Å²) < 4.78 is 27.6. The summed E-state index contributed by atoms with van der Waals surface area (Å²) >= 11 is 0. The molecular formula is C15H33INO6Si+. The van der Waals surface area contributed by atoms with Crippen molar-refractivity contribution in [3.63, 3.8) is 0 Å². The number of hydrogen-bond donors (Lipinski definition) is 0. The molecule has 0 N–H and O–H groups in total. The molecule has 0 amide bonds. The second-order valence-electron chi connectivity index (χ2n) is 6.50. The predicted octanol–water partition coefficient (Wildman–Crippen LogP) is 2.02. The molecule has 144 valence electrons. The van der Waals surface area contributed by atoms with Crippen molar-refractivity contribution in [2.75, 3.05) is 55.1 Å². The zero-order valence-corrected chi connectivity index (χ0v) is 18.9. The summed E-state index contributed by atoms with van der Waals surface area (Å²) in [7, 11) is 6.32. The maximum absolute atomic E-state index is 12.1. The van der Waals surface area contributed by atoms with E-state index in [1.807, 2.05) is 14.1 Å². The Morgan fingerprint density at radius 2 is 1.79 bits per heavy atom. The minimum Gasteiger partial charge on any atom is -0.432 e. The van der Waals surface area contributed by atoms with Crippen LogP contribution in [-0.4, -0.2) is 80.7 Å². The number of esters is 1. The monoisotopic (exact) mass is 478 g/mol. The van der Waals surface area contributed by atoms with Crippen LogP contribution in [0.1, 0.15) is 25.7 Å². The lowest BCUT2D eigenvalue weighted by Gasteiger charge is -2.31. The number of nitrogens with zero attached hydrogens (tertiary/aromatic N) is 1. The highest BCUT2D eigenvalue weighted by atomic mass is 127. The first-order chi connectivity index (χ1) is 10.9. The molecule has 0 saturated carbocycles. The largest absolute Gasteiger partial charge is 0.500 e. The minimum atomic E-state index is -2.54. The second-order valence-corrected chi connectivity index (χ2v) is 9.59. The fraction of sp³-hybridized carbons (Fsp3) is 0.933. The predicted molar refractivity (Wildman–Crippen MR) is 103 cm³/mol. The summed E-state index contributed by atoms with van der Waals surface area (Å²) in [6.45, 7) is 1.81. The Balaban J connectivity index is 0.00000529. The fourth-order valence-corrected chi connectivity index (χ4v) is 4.40. The molecule has 9 heteroatoms. The molecule has 1 saturated heterocycles. The molecule has 1 heterocycles. The third kappa shape index (κ3) is 8.54. The van der Waals surface area contributed by atoms with Gasteiger partial charge in [-0.2, -0.15) is 0 Å². The van der Waals surface area contributed by atoms with E-state index in [0.29, 0.717) is 17.6 Å². The van der Waals surface area contributed by atoms with Crippen LogP contribution in [0, 0.1) is 0 Å². The van der Waals surface area contributed by atoms with Crippen molar-refractivity contribution in [1.82, 2.24) is 0 Å². The zero-order valence-electron chi connectivity index (χ0n) is 15.5. The van der Waals surface area contributed by atoms with E-state index in [2.05, 4.69) is 0 Å². The van der Waals surface area contributed by atoms with Gasteiger partial charge in [-0.3, -0.25) is 0 Å². The first kappa shape index (κ1) is 24.2. The topological polar surface area (TPSA) is 63.2 Å². The van der Waals surface area contributed by atoms with Crippen molar-refractivity contribution in [2.24, 2.45) is 0 Å². The molecule has 0 radical (unpaired) electrons. The van der Waals surface area contributed by atoms with Crippen LogP contribution in [0.25, 0.3) is 0 Å². The number of carbonyl (C=O) groups is 1. The first-order valence-corrected chi connectivity index (χ1v) is 10.1. The summed E-state index contributed by atoms with van der Waals surface area (Å²) in [6, 6.07) is 0.721. The molecular weight excluding hydrogens is 445 g/mol. The fourth-order valence-electron chi connectivity index (χ4n) is 2.70. The van der Waals surface area contributed by atoms with E-state index in [9.17, 15) is 4.79 Å². The summed E-state index contributed by atoms with van der Waals surface area (Å²) in [5.41, 5.74) is 0. The molecule has 7 nitrogen and oxygen atoms in total. The standard InChI is InChI=1S/C15H32NO6Si.HI/c1-16(2,10-8-12-23(18-3,19-4)20-5)13-14(17)22-15-9-6-7-11-21-15;/h15H,6-13H2,1-5H3;1H/q+1;. The number of quaternary nitrogens is 1. The number of ether oxygens (including phenoxy) is 2. The second kappa shape index (κ2) is 11.8. The average Bonchev–Trinajstić information content (AvgIpc) is 2.52. The Labute approximate surface area is 163 Å². The van der Waals surface area contributed by atoms with E-state index < -0.39 is 8.80 Å². The van der Waals surface area contributed by atoms with Gasteiger partial charge in [0, 0.05) is 40.2 Å². The van der Waals surface area contributed by atoms with E-state index in [1.54, 1.807) is 21.3 Å². The van der Waals surface area contributed by atoms with Gasteiger partial charge in [-0.05, 0) is 12.8 Å². The maximum atomic E-state index is 12.1. The van der Waals surface area contributed by atoms with Crippen LogP contribution in [0.3, 0.4) is 0 Å². The molecule has 1 atom stereocenters. The molecule has 1 fully saturated rings. The highest BCUT2D eigenvalue weighted by Gasteiger charge is 2.38. The van der Waals surface area contributed by atoms with E-state index in [4.69, 9.17) is 22.8 Å². The molecule has 0 aliphatic carbocycles. The van der Waals surface area contributed by atoms with Crippen LogP contribution in [0.5, 0.6) is 0 Å². The van der Waals surface area contributed by atoms with Crippen LogP contribution in [0.15, 0.2) is 0 Å². The zero-order chi connectivity index (χ0) is 17.3. The molecule has 1 aliphatic heterocycles.